The highest BCUT2D eigenvalue weighted by atomic mass is 32.1. The van der Waals surface area contributed by atoms with Gasteiger partial charge in [-0.05, 0) is 63.0 Å². The molecule has 0 spiro atoms. The van der Waals surface area contributed by atoms with Gasteiger partial charge in [-0.1, -0.05) is 23.8 Å². The maximum Gasteiger partial charge on any atom is 0.234 e. The first-order chi connectivity index (χ1) is 12.2. The van der Waals surface area contributed by atoms with Crippen LogP contribution in [0.25, 0.3) is 4.96 Å². The molecule has 1 saturated heterocycles. The van der Waals surface area contributed by atoms with Gasteiger partial charge in [-0.3, -0.25) is 4.90 Å². The number of hydrogen-bond acceptors (Lipinski definition) is 6. The van der Waals surface area contributed by atoms with Crippen molar-refractivity contribution in [2.45, 2.75) is 46.3 Å². The molecule has 6 nitrogen and oxygen atoms in total. The monoisotopic (exact) mass is 357 g/mol. The Kier molecular flexibility index (Phi) is 4.67. The number of aromatic nitrogens is 4. The predicted octanol–water partition coefficient (Wildman–Crippen LogP) is 3.37. The minimum atomic E-state index is 0.458. The summed E-state index contributed by atoms with van der Waals surface area (Å²) in [6.45, 7) is 7.76. The SMILES string of the molecule is Cc1ccc(OCc2nn3c(CN4CCCCC4)nnc3s2)cc1C. The van der Waals surface area contributed by atoms with Crippen LogP contribution in [0.3, 0.4) is 0 Å². The summed E-state index contributed by atoms with van der Waals surface area (Å²) in [7, 11) is 0. The lowest BCUT2D eigenvalue weighted by molar-refractivity contribution is 0.214. The lowest BCUT2D eigenvalue weighted by Crippen LogP contribution is -2.30. The van der Waals surface area contributed by atoms with Crippen molar-refractivity contribution in [2.75, 3.05) is 13.1 Å². The molecule has 0 N–H and O–H groups in total. The van der Waals surface area contributed by atoms with E-state index in [4.69, 9.17) is 4.74 Å². The van der Waals surface area contributed by atoms with Crippen molar-refractivity contribution >= 4 is 16.3 Å². The summed E-state index contributed by atoms with van der Waals surface area (Å²) < 4.78 is 7.77. The van der Waals surface area contributed by atoms with Crippen molar-refractivity contribution in [3.05, 3.63) is 40.2 Å². The molecule has 3 heterocycles. The second-order valence-corrected chi connectivity index (χ2v) is 7.72. The Hall–Kier alpha value is -1.99. The van der Waals surface area contributed by atoms with E-state index in [1.54, 1.807) is 11.3 Å². The molecular formula is C18H23N5OS. The van der Waals surface area contributed by atoms with Gasteiger partial charge in [0.15, 0.2) is 10.8 Å². The molecule has 0 bridgehead atoms. The van der Waals surface area contributed by atoms with Gasteiger partial charge in [0.1, 0.15) is 12.4 Å². The van der Waals surface area contributed by atoms with E-state index in [1.165, 1.54) is 30.4 Å². The third-order valence-electron chi connectivity index (χ3n) is 4.75. The molecule has 0 unspecified atom stereocenters. The van der Waals surface area contributed by atoms with Gasteiger partial charge >= 0.3 is 0 Å². The van der Waals surface area contributed by atoms with Crippen molar-refractivity contribution in [2.24, 2.45) is 0 Å². The van der Waals surface area contributed by atoms with Crippen LogP contribution in [0, 0.1) is 13.8 Å². The average Bonchev–Trinajstić information content (AvgIpc) is 3.18. The second kappa shape index (κ2) is 7.09. The minimum Gasteiger partial charge on any atom is -0.486 e. The van der Waals surface area contributed by atoms with Crippen LogP contribution in [0.1, 0.15) is 41.2 Å². The zero-order valence-corrected chi connectivity index (χ0v) is 15.6. The fourth-order valence-electron chi connectivity index (χ4n) is 3.12. The van der Waals surface area contributed by atoms with Crippen LogP contribution in [-0.4, -0.2) is 37.8 Å². The Morgan fingerprint density at radius 1 is 1.08 bits per heavy atom. The van der Waals surface area contributed by atoms with Gasteiger partial charge in [0.25, 0.3) is 0 Å². The molecule has 1 aliphatic rings. The zero-order valence-electron chi connectivity index (χ0n) is 14.7. The van der Waals surface area contributed by atoms with Gasteiger partial charge in [-0.15, -0.1) is 10.2 Å². The number of likely N-dealkylation sites (tertiary alicyclic amines) is 1. The van der Waals surface area contributed by atoms with Crippen molar-refractivity contribution in [1.82, 2.24) is 24.7 Å². The first-order valence-corrected chi connectivity index (χ1v) is 9.63. The fourth-order valence-corrected chi connectivity index (χ4v) is 3.89. The Balaban J connectivity index is 1.44. The Bertz CT molecular complexity index is 866. The molecule has 4 rings (SSSR count). The van der Waals surface area contributed by atoms with E-state index in [0.29, 0.717) is 6.61 Å². The Morgan fingerprint density at radius 2 is 1.92 bits per heavy atom. The normalized spacial score (nSPS) is 15.8. The lowest BCUT2D eigenvalue weighted by atomic mass is 10.1. The van der Waals surface area contributed by atoms with E-state index in [2.05, 4.69) is 46.2 Å². The molecule has 2 aromatic heterocycles. The lowest BCUT2D eigenvalue weighted by Gasteiger charge is -2.25. The van der Waals surface area contributed by atoms with Crippen molar-refractivity contribution in [1.29, 1.82) is 0 Å². The first-order valence-electron chi connectivity index (χ1n) is 8.81. The van der Waals surface area contributed by atoms with E-state index >= 15 is 0 Å². The van der Waals surface area contributed by atoms with Crippen molar-refractivity contribution < 1.29 is 4.74 Å². The minimum absolute atomic E-state index is 0.458. The number of fused-ring (bicyclic) bond motifs is 1. The molecule has 1 aliphatic heterocycles. The summed E-state index contributed by atoms with van der Waals surface area (Å²) in [5.74, 6) is 1.80. The molecule has 1 fully saturated rings. The third kappa shape index (κ3) is 3.67. The van der Waals surface area contributed by atoms with E-state index < -0.39 is 0 Å². The summed E-state index contributed by atoms with van der Waals surface area (Å²) in [6, 6.07) is 6.15. The van der Waals surface area contributed by atoms with E-state index in [0.717, 1.165) is 41.2 Å². The molecule has 3 aromatic rings. The van der Waals surface area contributed by atoms with Crippen LogP contribution in [-0.2, 0) is 13.2 Å². The highest BCUT2D eigenvalue weighted by Gasteiger charge is 2.17. The molecule has 0 atom stereocenters. The molecule has 0 amide bonds. The van der Waals surface area contributed by atoms with Crippen molar-refractivity contribution in [3.8, 4) is 5.75 Å². The van der Waals surface area contributed by atoms with Crippen LogP contribution in [0.15, 0.2) is 18.2 Å². The predicted molar refractivity (Wildman–Crippen MR) is 98.0 cm³/mol. The summed E-state index contributed by atoms with van der Waals surface area (Å²) >= 11 is 1.54. The molecule has 25 heavy (non-hydrogen) atoms. The smallest absolute Gasteiger partial charge is 0.234 e. The number of aryl methyl sites for hydroxylation is 2. The van der Waals surface area contributed by atoms with Gasteiger partial charge in [0.05, 0.1) is 6.54 Å². The number of hydrogen-bond donors (Lipinski definition) is 0. The number of rotatable bonds is 5. The fraction of sp³-hybridized carbons (Fsp3) is 0.500. The highest BCUT2D eigenvalue weighted by Crippen LogP contribution is 2.20. The summed E-state index contributed by atoms with van der Waals surface area (Å²) in [5.41, 5.74) is 2.51. The van der Waals surface area contributed by atoms with Crippen LogP contribution >= 0.6 is 11.3 Å². The molecule has 0 saturated carbocycles. The maximum absolute atomic E-state index is 5.89. The Morgan fingerprint density at radius 3 is 2.72 bits per heavy atom. The second-order valence-electron chi connectivity index (χ2n) is 6.68. The molecule has 0 radical (unpaired) electrons. The van der Waals surface area contributed by atoms with Crippen LogP contribution in [0.2, 0.25) is 0 Å². The van der Waals surface area contributed by atoms with Gasteiger partial charge in [-0.25, -0.2) is 0 Å². The van der Waals surface area contributed by atoms with E-state index in [-0.39, 0.29) is 0 Å². The van der Waals surface area contributed by atoms with Crippen LogP contribution < -0.4 is 4.74 Å². The molecule has 1 aromatic carbocycles. The molecule has 132 valence electrons. The maximum atomic E-state index is 5.89. The standard InChI is InChI=1S/C18H23N5OS/c1-13-6-7-15(10-14(13)2)24-12-17-21-23-16(19-20-18(23)25-17)11-22-8-4-3-5-9-22/h6-7,10H,3-5,8-9,11-12H2,1-2H3. The third-order valence-corrected chi connectivity index (χ3v) is 5.62. The first kappa shape index (κ1) is 16.5. The van der Waals surface area contributed by atoms with Gasteiger partial charge < -0.3 is 4.74 Å². The Labute approximate surface area is 151 Å². The van der Waals surface area contributed by atoms with E-state index in [1.807, 2.05) is 10.6 Å². The number of ether oxygens (including phenoxy) is 1. The average molecular weight is 357 g/mol. The molecular weight excluding hydrogens is 334 g/mol. The summed E-state index contributed by atoms with van der Waals surface area (Å²) in [4.78, 5) is 3.27. The number of nitrogens with zero attached hydrogens (tertiary/aromatic N) is 5. The van der Waals surface area contributed by atoms with Crippen LogP contribution in [0.4, 0.5) is 0 Å². The van der Waals surface area contributed by atoms with Crippen molar-refractivity contribution in [3.63, 3.8) is 0 Å². The highest BCUT2D eigenvalue weighted by molar-refractivity contribution is 7.16. The van der Waals surface area contributed by atoms with Gasteiger partial charge in [0.2, 0.25) is 4.96 Å². The zero-order chi connectivity index (χ0) is 17.2. The molecule has 7 heteroatoms. The number of piperidine rings is 1. The topological polar surface area (TPSA) is 55.6 Å². The van der Waals surface area contributed by atoms with Crippen LogP contribution in [0.5, 0.6) is 5.75 Å². The molecule has 0 aliphatic carbocycles. The van der Waals surface area contributed by atoms with Gasteiger partial charge in [0, 0.05) is 0 Å². The summed E-state index contributed by atoms with van der Waals surface area (Å²) in [6.07, 6.45) is 3.88. The largest absolute Gasteiger partial charge is 0.486 e. The summed E-state index contributed by atoms with van der Waals surface area (Å²) in [5, 5.41) is 14.2. The number of benzene rings is 1. The quantitative estimate of drug-likeness (QED) is 0.701. The van der Waals surface area contributed by atoms with E-state index in [9.17, 15) is 0 Å². The van der Waals surface area contributed by atoms with Gasteiger partial charge in [-0.2, -0.15) is 9.61 Å².